The van der Waals surface area contributed by atoms with Crippen LogP contribution in [0.5, 0.6) is 0 Å². The number of imide groups is 1. The van der Waals surface area contributed by atoms with Gasteiger partial charge in [0.25, 0.3) is 0 Å². The quantitative estimate of drug-likeness (QED) is 0.527. The number of carbonyl (C=O) groups is 2. The van der Waals surface area contributed by atoms with Gasteiger partial charge >= 0.3 is 11.9 Å². The Morgan fingerprint density at radius 1 is 1.26 bits per heavy atom. The van der Waals surface area contributed by atoms with Gasteiger partial charge in [-0.15, -0.1) is 0 Å². The third-order valence-corrected chi connectivity index (χ3v) is 7.91. The zero-order valence-corrected chi connectivity index (χ0v) is 19.2. The van der Waals surface area contributed by atoms with Crippen molar-refractivity contribution in [3.05, 3.63) is 41.8 Å². The Balaban J connectivity index is 1.51. The van der Waals surface area contributed by atoms with Crippen LogP contribution >= 0.6 is 0 Å². The molecule has 1 atom stereocenters. The van der Waals surface area contributed by atoms with Gasteiger partial charge in [0, 0.05) is 31.2 Å². The number of urea groups is 1. The number of carbonyl (C=O) groups excluding carboxylic acids is 2. The van der Waals surface area contributed by atoms with Crippen molar-refractivity contribution in [1.82, 2.24) is 19.4 Å². The van der Waals surface area contributed by atoms with Crippen LogP contribution in [0.3, 0.4) is 0 Å². The molecule has 2 aliphatic carbocycles. The Bertz CT molecular complexity index is 1310. The molecule has 13 heteroatoms. The van der Waals surface area contributed by atoms with E-state index in [9.17, 15) is 22.4 Å². The van der Waals surface area contributed by atoms with E-state index < -0.39 is 39.4 Å². The molecule has 178 valence electrons. The summed E-state index contributed by atoms with van der Waals surface area (Å²) in [6, 6.07) is -0.534. The molecule has 3 amide bonds. The molecular weight excluding hydrogens is 465 g/mol. The van der Waals surface area contributed by atoms with Crippen LogP contribution in [0.25, 0.3) is 0 Å². The molecule has 4 aliphatic rings. The third kappa shape index (κ3) is 4.05. The second-order valence-electron chi connectivity index (χ2n) is 8.85. The number of nitrogens with one attached hydrogen (secondary N) is 1. The van der Waals surface area contributed by atoms with Gasteiger partial charge in [0.1, 0.15) is 36.3 Å². The molecule has 2 aliphatic heterocycles. The Morgan fingerprint density at radius 3 is 2.62 bits per heavy atom. The topological polar surface area (TPSA) is 129 Å². The summed E-state index contributed by atoms with van der Waals surface area (Å²) in [5, 5.41) is 10.5. The van der Waals surface area contributed by atoms with Gasteiger partial charge in [0.15, 0.2) is 0 Å². The molecule has 3 heterocycles. The molecule has 11 nitrogen and oxygen atoms in total. The summed E-state index contributed by atoms with van der Waals surface area (Å²) in [6.07, 6.45) is 11.5. The predicted octanol–water partition coefficient (Wildman–Crippen LogP) is 0.309. The first-order valence-corrected chi connectivity index (χ1v) is 12.3. The van der Waals surface area contributed by atoms with E-state index in [4.69, 9.17) is 0 Å². The van der Waals surface area contributed by atoms with Gasteiger partial charge in [-0.1, -0.05) is 6.08 Å². The minimum Gasteiger partial charge on any atom is -0.275 e. The van der Waals surface area contributed by atoms with E-state index in [1.165, 1.54) is 22.8 Å². The maximum absolute atomic E-state index is 13.4. The maximum Gasteiger partial charge on any atom is 0.501 e. The van der Waals surface area contributed by atoms with Crippen molar-refractivity contribution in [3.63, 3.8) is 0 Å². The molecule has 1 unspecified atom stereocenters. The van der Waals surface area contributed by atoms with Crippen molar-refractivity contribution in [2.45, 2.75) is 30.2 Å². The Morgan fingerprint density at radius 2 is 2.00 bits per heavy atom. The molecule has 1 aromatic heterocycles. The van der Waals surface area contributed by atoms with Crippen molar-refractivity contribution >= 4 is 40.1 Å². The molecule has 1 aromatic rings. The monoisotopic (exact) mass is 488 g/mol. The number of rotatable bonds is 8. The largest absolute Gasteiger partial charge is 0.501 e. The lowest BCUT2D eigenvalue weighted by Gasteiger charge is -2.26. The Kier molecular flexibility index (Phi) is 5.40. The Hall–Kier alpha value is -3.32. The first-order valence-electron chi connectivity index (χ1n) is 10.7. The highest BCUT2D eigenvalue weighted by Gasteiger charge is 2.49. The normalized spacial score (nSPS) is 23.6. The molecule has 1 saturated carbocycles. The van der Waals surface area contributed by atoms with E-state index in [1.807, 2.05) is 0 Å². The fourth-order valence-electron chi connectivity index (χ4n) is 4.10. The molecule has 0 aromatic carbocycles. The first kappa shape index (κ1) is 22.5. The molecule has 0 spiro atoms. The summed E-state index contributed by atoms with van der Waals surface area (Å²) >= 11 is 0. The van der Waals surface area contributed by atoms with Crippen LogP contribution in [0.4, 0.5) is 9.18 Å². The number of nitrogens with zero attached hydrogens (tertiary/aromatic N) is 6. The lowest BCUT2D eigenvalue weighted by atomic mass is 9.98. The van der Waals surface area contributed by atoms with E-state index in [1.54, 1.807) is 36.6 Å². The summed E-state index contributed by atoms with van der Waals surface area (Å²) in [5.41, 5.74) is -0.00290. The predicted molar refractivity (Wildman–Crippen MR) is 121 cm³/mol. The van der Waals surface area contributed by atoms with Crippen LogP contribution in [-0.2, 0) is 28.4 Å². The maximum atomic E-state index is 13.4. The van der Waals surface area contributed by atoms with Crippen molar-refractivity contribution in [1.29, 1.82) is 0 Å². The third-order valence-electron chi connectivity index (χ3n) is 6.18. The molecular formula is C21H23FN7O4S+. The number of sulfonamides is 1. The van der Waals surface area contributed by atoms with Gasteiger partial charge in [-0.05, 0) is 25.0 Å². The summed E-state index contributed by atoms with van der Waals surface area (Å²) in [4.78, 5) is 27.8. The number of halogens is 1. The van der Waals surface area contributed by atoms with Crippen LogP contribution in [0.1, 0.15) is 18.4 Å². The molecule has 1 N–H and O–H groups in total. The highest BCUT2D eigenvalue weighted by molar-refractivity contribution is 7.90. The second kappa shape index (κ2) is 8.17. The van der Waals surface area contributed by atoms with Gasteiger partial charge < -0.3 is 0 Å². The van der Waals surface area contributed by atoms with E-state index in [2.05, 4.69) is 20.0 Å². The number of alkyl halides is 1. The van der Waals surface area contributed by atoms with Gasteiger partial charge in [-0.3, -0.25) is 4.68 Å². The van der Waals surface area contributed by atoms with E-state index in [0.717, 1.165) is 4.90 Å². The second-order valence-corrected chi connectivity index (χ2v) is 10.7. The van der Waals surface area contributed by atoms with Crippen molar-refractivity contribution in [3.8, 4) is 0 Å². The van der Waals surface area contributed by atoms with E-state index in [-0.39, 0.29) is 24.6 Å². The zero-order valence-electron chi connectivity index (χ0n) is 18.3. The average Bonchev–Trinajstić information content (AvgIpc) is 3.17. The first-order chi connectivity index (χ1) is 16.2. The minimum absolute atomic E-state index is 0.0240. The number of aromatic nitrogens is 2. The number of hydrogen-bond acceptors (Lipinski definition) is 7. The minimum atomic E-state index is -3.99. The van der Waals surface area contributed by atoms with Gasteiger partial charge in [0.05, 0.1) is 17.7 Å². The average molecular weight is 489 g/mol. The lowest BCUT2D eigenvalue weighted by Crippen LogP contribution is -2.53. The molecule has 34 heavy (non-hydrogen) atoms. The lowest BCUT2D eigenvalue weighted by molar-refractivity contribution is -0.438. The Labute approximate surface area is 195 Å². The molecule has 0 radical (unpaired) electrons. The van der Waals surface area contributed by atoms with Crippen LogP contribution in [0, 0.1) is 5.92 Å². The molecule has 5 rings (SSSR count). The van der Waals surface area contributed by atoms with Gasteiger partial charge in [0.2, 0.25) is 10.0 Å². The zero-order chi connectivity index (χ0) is 24.1. The van der Waals surface area contributed by atoms with Crippen LogP contribution < -0.4 is 4.72 Å². The number of hydrogen-bond donors (Lipinski definition) is 1. The van der Waals surface area contributed by atoms with Gasteiger partial charge in [-0.2, -0.15) is 29.6 Å². The molecule has 1 fully saturated rings. The number of fused-ring (bicyclic) bond motifs is 1. The standard InChI is InChI=1S/C21H23FN7O4S/c1-27-10-15(9-25-27)12-29-19(30)17-6-16(34(32,33)26-21(13-22)4-5-21)2-3-18(17)28(20(29)31)11-14-7-23-24-8-14/h2-3,6-10,14,16,26H,4-5,11-13H2,1H3/q+1. The van der Waals surface area contributed by atoms with Crippen LogP contribution in [0.15, 0.2) is 46.4 Å². The number of allylic oxidation sites excluding steroid dienone is 1. The SMILES string of the molecule is Cn1cc(CN2C(=O)C3=CC(S(=O)(=O)NC4(CF)CC4)C=CC3=[N+](CC3C=NN=C3)C2=O)cn1. The summed E-state index contributed by atoms with van der Waals surface area (Å²) in [6.45, 7) is -0.634. The van der Waals surface area contributed by atoms with E-state index >= 15 is 0 Å². The van der Waals surface area contributed by atoms with Crippen molar-refractivity contribution in [2.75, 3.05) is 13.2 Å². The number of aryl methyl sites for hydroxylation is 1. The van der Waals surface area contributed by atoms with Crippen molar-refractivity contribution in [2.24, 2.45) is 23.2 Å². The molecule has 0 saturated heterocycles. The number of amides is 3. The summed E-state index contributed by atoms with van der Waals surface area (Å²) < 4.78 is 44.6. The fraction of sp³-hybridized carbons (Fsp3) is 0.429. The fourth-order valence-corrected chi connectivity index (χ4v) is 5.70. The van der Waals surface area contributed by atoms with E-state index in [0.29, 0.717) is 24.1 Å². The van der Waals surface area contributed by atoms with Crippen LogP contribution in [-0.4, -0.2) is 81.8 Å². The highest BCUT2D eigenvalue weighted by Crippen LogP contribution is 2.37. The van der Waals surface area contributed by atoms with Crippen molar-refractivity contribution < 1.29 is 27.0 Å². The highest BCUT2D eigenvalue weighted by atomic mass is 32.2. The summed E-state index contributed by atoms with van der Waals surface area (Å²) in [7, 11) is -2.26. The van der Waals surface area contributed by atoms with Gasteiger partial charge in [-0.25, -0.2) is 22.3 Å². The summed E-state index contributed by atoms with van der Waals surface area (Å²) in [5.74, 6) is -0.855. The van der Waals surface area contributed by atoms with Crippen LogP contribution in [0.2, 0.25) is 0 Å². The molecule has 0 bridgehead atoms. The smallest absolute Gasteiger partial charge is 0.275 e.